The number of H-pyrrole nitrogens is 1. The van der Waals surface area contributed by atoms with Gasteiger partial charge >= 0.3 is 0 Å². The molecule has 0 amide bonds. The number of anilines is 1. The fourth-order valence-corrected chi connectivity index (χ4v) is 3.39. The molecular weight excluding hydrogens is 332 g/mol. The van der Waals surface area contributed by atoms with Gasteiger partial charge in [0, 0.05) is 6.20 Å². The molecule has 0 fully saturated rings. The Hall–Kier alpha value is -2.81. The summed E-state index contributed by atoms with van der Waals surface area (Å²) < 4.78 is 34.6. The highest BCUT2D eigenvalue weighted by atomic mass is 32.2. The van der Waals surface area contributed by atoms with E-state index in [1.807, 2.05) is 6.92 Å². The Kier molecular flexibility index (Phi) is 4.02. The van der Waals surface area contributed by atoms with Gasteiger partial charge < -0.3 is 4.74 Å². The lowest BCUT2D eigenvalue weighted by Gasteiger charge is -2.11. The van der Waals surface area contributed by atoms with Crippen molar-refractivity contribution >= 4 is 21.2 Å². The molecule has 0 aliphatic carbocycles. The molecule has 0 aliphatic rings. The number of hydrogen-bond donors (Lipinski definition) is 2. The Bertz CT molecular complexity index is 1050. The average molecular weight is 348 g/mol. The van der Waals surface area contributed by atoms with E-state index in [0.717, 1.165) is 0 Å². The number of sulfonamides is 1. The minimum absolute atomic E-state index is 0.0320. The van der Waals surface area contributed by atoms with Gasteiger partial charge in [0.05, 0.1) is 12.3 Å². The van der Waals surface area contributed by atoms with Gasteiger partial charge in [0.25, 0.3) is 15.6 Å². The second kappa shape index (κ2) is 6.00. The van der Waals surface area contributed by atoms with E-state index < -0.39 is 15.6 Å². The Balaban J connectivity index is 2.05. The zero-order chi connectivity index (χ0) is 17.3. The van der Waals surface area contributed by atoms with Crippen LogP contribution in [0.1, 0.15) is 12.7 Å². The van der Waals surface area contributed by atoms with Crippen LogP contribution in [0.25, 0.3) is 5.52 Å². The van der Waals surface area contributed by atoms with Crippen molar-refractivity contribution in [2.75, 3.05) is 11.3 Å². The minimum Gasteiger partial charge on any atom is -0.492 e. The minimum atomic E-state index is -3.88. The van der Waals surface area contributed by atoms with E-state index in [-0.39, 0.29) is 10.4 Å². The standard InChI is InChI=1S/C15H16N4O4S/c1-3-23-14-7-5-4-6-12(14)18-24(21,22)11-8-13-15(20)17-16-10(2)19(13)9-11/h4-9,18H,3H2,1-2H3,(H,17,20). The molecule has 2 aromatic heterocycles. The molecule has 0 atom stereocenters. The van der Waals surface area contributed by atoms with E-state index in [1.165, 1.54) is 16.7 Å². The van der Waals surface area contributed by atoms with Crippen molar-refractivity contribution in [2.24, 2.45) is 0 Å². The molecule has 2 heterocycles. The summed E-state index contributed by atoms with van der Waals surface area (Å²) >= 11 is 0. The summed E-state index contributed by atoms with van der Waals surface area (Å²) in [7, 11) is -3.88. The van der Waals surface area contributed by atoms with Gasteiger partial charge in [-0.05, 0) is 32.0 Å². The van der Waals surface area contributed by atoms with Crippen molar-refractivity contribution in [2.45, 2.75) is 18.7 Å². The molecule has 0 spiro atoms. The zero-order valence-corrected chi connectivity index (χ0v) is 13.9. The molecule has 0 saturated carbocycles. The molecule has 3 aromatic rings. The van der Waals surface area contributed by atoms with E-state index in [0.29, 0.717) is 23.9 Å². The van der Waals surface area contributed by atoms with Gasteiger partial charge in [-0.25, -0.2) is 13.5 Å². The van der Waals surface area contributed by atoms with Crippen LogP contribution in [0, 0.1) is 6.92 Å². The van der Waals surface area contributed by atoms with Crippen LogP contribution < -0.4 is 15.0 Å². The Morgan fingerprint density at radius 1 is 1.33 bits per heavy atom. The molecule has 2 N–H and O–H groups in total. The summed E-state index contributed by atoms with van der Waals surface area (Å²) in [6.45, 7) is 3.89. The van der Waals surface area contributed by atoms with Crippen molar-refractivity contribution in [1.82, 2.24) is 14.6 Å². The number of nitrogens with zero attached hydrogens (tertiary/aromatic N) is 2. The quantitative estimate of drug-likeness (QED) is 0.727. The van der Waals surface area contributed by atoms with Gasteiger partial charge in [-0.15, -0.1) is 0 Å². The largest absolute Gasteiger partial charge is 0.492 e. The number of ether oxygens (including phenoxy) is 1. The van der Waals surface area contributed by atoms with Gasteiger partial charge in [-0.2, -0.15) is 5.10 Å². The van der Waals surface area contributed by atoms with Crippen LogP contribution in [-0.2, 0) is 10.0 Å². The Morgan fingerprint density at radius 2 is 2.08 bits per heavy atom. The molecule has 0 unspecified atom stereocenters. The summed E-state index contributed by atoms with van der Waals surface area (Å²) in [6, 6.07) is 8.05. The van der Waals surface area contributed by atoms with Crippen LogP contribution in [0.2, 0.25) is 0 Å². The lowest BCUT2D eigenvalue weighted by molar-refractivity contribution is 0.342. The summed E-state index contributed by atoms with van der Waals surface area (Å²) in [5.74, 6) is 0.906. The normalized spacial score (nSPS) is 11.6. The maximum absolute atomic E-state index is 12.6. The van der Waals surface area contributed by atoms with Crippen molar-refractivity contribution in [1.29, 1.82) is 0 Å². The molecule has 0 saturated heterocycles. The highest BCUT2D eigenvalue weighted by Gasteiger charge is 2.20. The number of aromatic amines is 1. The van der Waals surface area contributed by atoms with Crippen LogP contribution in [-0.4, -0.2) is 29.6 Å². The number of aryl methyl sites for hydroxylation is 1. The summed E-state index contributed by atoms with van der Waals surface area (Å²) in [5, 5.41) is 6.14. The van der Waals surface area contributed by atoms with Gasteiger partial charge in [0.15, 0.2) is 0 Å². The first-order chi connectivity index (χ1) is 11.4. The number of hydrogen-bond acceptors (Lipinski definition) is 5. The lowest BCUT2D eigenvalue weighted by Crippen LogP contribution is -2.13. The molecule has 3 rings (SSSR count). The zero-order valence-electron chi connectivity index (χ0n) is 13.1. The van der Waals surface area contributed by atoms with Crippen LogP contribution in [0.4, 0.5) is 5.69 Å². The number of fused-ring (bicyclic) bond motifs is 1. The van der Waals surface area contributed by atoms with Gasteiger partial charge in [-0.1, -0.05) is 12.1 Å². The van der Waals surface area contributed by atoms with Gasteiger partial charge in [-0.3, -0.25) is 13.9 Å². The number of aromatic nitrogens is 3. The van der Waals surface area contributed by atoms with Crippen molar-refractivity contribution in [3.8, 4) is 5.75 Å². The highest BCUT2D eigenvalue weighted by molar-refractivity contribution is 7.92. The predicted molar refractivity (Wildman–Crippen MR) is 89.0 cm³/mol. The topological polar surface area (TPSA) is 106 Å². The summed E-state index contributed by atoms with van der Waals surface area (Å²) in [5.41, 5.74) is 0.0797. The smallest absolute Gasteiger partial charge is 0.288 e. The molecule has 0 aliphatic heterocycles. The lowest BCUT2D eigenvalue weighted by atomic mass is 10.3. The molecule has 9 heteroatoms. The first-order valence-electron chi connectivity index (χ1n) is 7.24. The molecule has 126 valence electrons. The first-order valence-corrected chi connectivity index (χ1v) is 8.72. The van der Waals surface area contributed by atoms with E-state index in [9.17, 15) is 13.2 Å². The van der Waals surface area contributed by atoms with E-state index >= 15 is 0 Å². The molecule has 1 aromatic carbocycles. The number of benzene rings is 1. The summed E-state index contributed by atoms with van der Waals surface area (Å²) in [4.78, 5) is 11.8. The van der Waals surface area contributed by atoms with E-state index in [2.05, 4.69) is 14.9 Å². The predicted octanol–water partition coefficient (Wildman–Crippen LogP) is 1.53. The third-order valence-electron chi connectivity index (χ3n) is 3.44. The first kappa shape index (κ1) is 16.1. The molecule has 0 radical (unpaired) electrons. The maximum Gasteiger partial charge on any atom is 0.288 e. The SMILES string of the molecule is CCOc1ccccc1NS(=O)(=O)c1cc2c(=O)[nH]nc(C)n2c1. The van der Waals surface area contributed by atoms with Crippen molar-refractivity contribution < 1.29 is 13.2 Å². The average Bonchev–Trinajstić information content (AvgIpc) is 3.01. The maximum atomic E-state index is 12.6. The molecule has 8 nitrogen and oxygen atoms in total. The molecule has 24 heavy (non-hydrogen) atoms. The number of para-hydroxylation sites is 2. The number of nitrogens with one attached hydrogen (secondary N) is 2. The van der Waals surface area contributed by atoms with Gasteiger partial charge in [0.2, 0.25) is 0 Å². The van der Waals surface area contributed by atoms with Crippen LogP contribution in [0.5, 0.6) is 5.75 Å². The van der Waals surface area contributed by atoms with E-state index in [1.54, 1.807) is 31.2 Å². The fraction of sp³-hybridized carbons (Fsp3) is 0.200. The third-order valence-corrected chi connectivity index (χ3v) is 4.77. The number of rotatable bonds is 5. The van der Waals surface area contributed by atoms with Crippen LogP contribution in [0.15, 0.2) is 46.2 Å². The summed E-state index contributed by atoms with van der Waals surface area (Å²) in [6.07, 6.45) is 1.36. The van der Waals surface area contributed by atoms with Crippen LogP contribution in [0.3, 0.4) is 0 Å². The Labute approximate surface area is 138 Å². The Morgan fingerprint density at radius 3 is 2.79 bits per heavy atom. The van der Waals surface area contributed by atoms with E-state index in [4.69, 9.17) is 4.74 Å². The molecular formula is C15H16N4O4S. The van der Waals surface area contributed by atoms with Crippen LogP contribution >= 0.6 is 0 Å². The fourth-order valence-electron chi connectivity index (χ4n) is 2.31. The van der Waals surface area contributed by atoms with Gasteiger partial charge in [0.1, 0.15) is 22.0 Å². The molecule has 0 bridgehead atoms. The van der Waals surface area contributed by atoms with Crippen molar-refractivity contribution in [3.63, 3.8) is 0 Å². The third kappa shape index (κ3) is 2.85. The monoisotopic (exact) mass is 348 g/mol. The highest BCUT2D eigenvalue weighted by Crippen LogP contribution is 2.27. The van der Waals surface area contributed by atoms with Crippen molar-refractivity contribution in [3.05, 3.63) is 52.7 Å². The second-order valence-corrected chi connectivity index (χ2v) is 6.75. The second-order valence-electron chi connectivity index (χ2n) is 5.07.